The standard InChI is InChI=1S/C13H14N2O3/c16-7-1-2-10-3-5-11(6-4-10)15-9-12(17)14-8-13(15)18/h3-7H,1-2,8-9H2,(H,14,17). The monoisotopic (exact) mass is 246 g/mol. The van der Waals surface area contributed by atoms with Crippen molar-refractivity contribution in [1.29, 1.82) is 0 Å². The van der Waals surface area contributed by atoms with Gasteiger partial charge in [-0.2, -0.15) is 0 Å². The van der Waals surface area contributed by atoms with E-state index in [1.165, 1.54) is 4.90 Å². The molecule has 1 aliphatic rings. The van der Waals surface area contributed by atoms with Crippen LogP contribution in [0, 0.1) is 0 Å². The van der Waals surface area contributed by atoms with E-state index in [2.05, 4.69) is 5.32 Å². The Morgan fingerprint density at radius 2 is 1.94 bits per heavy atom. The Hall–Kier alpha value is -2.17. The lowest BCUT2D eigenvalue weighted by Gasteiger charge is -2.26. The first-order valence-corrected chi connectivity index (χ1v) is 5.80. The molecule has 0 saturated carbocycles. The maximum absolute atomic E-state index is 11.7. The summed E-state index contributed by atoms with van der Waals surface area (Å²) in [6, 6.07) is 7.35. The topological polar surface area (TPSA) is 66.5 Å². The van der Waals surface area contributed by atoms with Crippen molar-refractivity contribution >= 4 is 23.8 Å². The van der Waals surface area contributed by atoms with Gasteiger partial charge in [0.1, 0.15) is 12.8 Å². The van der Waals surface area contributed by atoms with Crippen molar-refractivity contribution in [2.45, 2.75) is 12.8 Å². The molecule has 18 heavy (non-hydrogen) atoms. The predicted molar refractivity (Wildman–Crippen MR) is 66.2 cm³/mol. The van der Waals surface area contributed by atoms with Gasteiger partial charge in [0, 0.05) is 12.1 Å². The van der Waals surface area contributed by atoms with Crippen LogP contribution in [0.3, 0.4) is 0 Å². The summed E-state index contributed by atoms with van der Waals surface area (Å²) in [4.78, 5) is 34.7. The minimum Gasteiger partial charge on any atom is -0.345 e. The molecule has 0 bridgehead atoms. The normalized spacial score (nSPS) is 15.4. The quantitative estimate of drug-likeness (QED) is 0.776. The van der Waals surface area contributed by atoms with Crippen LogP contribution in [0.1, 0.15) is 12.0 Å². The molecule has 1 saturated heterocycles. The maximum Gasteiger partial charge on any atom is 0.246 e. The minimum atomic E-state index is -0.153. The number of benzene rings is 1. The Bertz CT molecular complexity index is 468. The summed E-state index contributed by atoms with van der Waals surface area (Å²) >= 11 is 0. The lowest BCUT2D eigenvalue weighted by Crippen LogP contribution is -2.51. The number of rotatable bonds is 4. The zero-order chi connectivity index (χ0) is 13.0. The molecule has 2 rings (SSSR count). The Labute approximate surface area is 105 Å². The first-order valence-electron chi connectivity index (χ1n) is 5.80. The Kier molecular flexibility index (Phi) is 3.72. The second kappa shape index (κ2) is 5.44. The van der Waals surface area contributed by atoms with Crippen LogP contribution in [-0.2, 0) is 20.8 Å². The number of hydrogen-bond donors (Lipinski definition) is 1. The van der Waals surface area contributed by atoms with Gasteiger partial charge < -0.3 is 15.0 Å². The first kappa shape index (κ1) is 12.3. The fourth-order valence-electron chi connectivity index (χ4n) is 1.86. The van der Waals surface area contributed by atoms with Crippen molar-refractivity contribution in [2.75, 3.05) is 18.0 Å². The minimum absolute atomic E-state index is 0.0473. The average molecular weight is 246 g/mol. The molecule has 0 unspecified atom stereocenters. The van der Waals surface area contributed by atoms with Crippen LogP contribution in [0.5, 0.6) is 0 Å². The molecule has 1 N–H and O–H groups in total. The third kappa shape index (κ3) is 2.74. The van der Waals surface area contributed by atoms with Crippen molar-refractivity contribution in [1.82, 2.24) is 5.32 Å². The summed E-state index contributed by atoms with van der Waals surface area (Å²) in [5, 5.41) is 2.50. The van der Waals surface area contributed by atoms with E-state index in [0.717, 1.165) is 11.8 Å². The molecule has 1 fully saturated rings. The second-order valence-electron chi connectivity index (χ2n) is 4.13. The summed E-state index contributed by atoms with van der Waals surface area (Å²) in [5.74, 6) is -0.269. The number of hydrogen-bond acceptors (Lipinski definition) is 3. The van der Waals surface area contributed by atoms with E-state index < -0.39 is 0 Å². The van der Waals surface area contributed by atoms with Crippen molar-refractivity contribution in [2.24, 2.45) is 0 Å². The molecule has 0 spiro atoms. The molecule has 1 aromatic rings. The van der Waals surface area contributed by atoms with Crippen molar-refractivity contribution < 1.29 is 14.4 Å². The van der Waals surface area contributed by atoms with Gasteiger partial charge in [-0.3, -0.25) is 9.59 Å². The van der Waals surface area contributed by atoms with Crippen LogP contribution in [-0.4, -0.2) is 31.2 Å². The number of nitrogens with zero attached hydrogens (tertiary/aromatic N) is 1. The van der Waals surface area contributed by atoms with Gasteiger partial charge in [0.2, 0.25) is 11.8 Å². The SMILES string of the molecule is O=CCCc1ccc(N2CC(=O)NCC2=O)cc1. The van der Waals surface area contributed by atoms with E-state index in [-0.39, 0.29) is 24.9 Å². The highest BCUT2D eigenvalue weighted by molar-refractivity contribution is 6.04. The number of carbonyl (C=O) groups excluding carboxylic acids is 3. The first-order chi connectivity index (χ1) is 8.70. The molecular formula is C13H14N2O3. The Morgan fingerprint density at radius 3 is 2.61 bits per heavy atom. The molecule has 0 aliphatic carbocycles. The van der Waals surface area contributed by atoms with Gasteiger partial charge in [0.15, 0.2) is 0 Å². The number of aldehydes is 1. The van der Waals surface area contributed by atoms with E-state index >= 15 is 0 Å². The molecule has 5 nitrogen and oxygen atoms in total. The summed E-state index contributed by atoms with van der Waals surface area (Å²) in [6.07, 6.45) is 2.06. The molecule has 5 heteroatoms. The molecule has 1 heterocycles. The molecule has 0 atom stereocenters. The fourth-order valence-corrected chi connectivity index (χ4v) is 1.86. The van der Waals surface area contributed by atoms with E-state index in [4.69, 9.17) is 0 Å². The van der Waals surface area contributed by atoms with Gasteiger partial charge in [-0.15, -0.1) is 0 Å². The molecule has 2 amide bonds. The highest BCUT2D eigenvalue weighted by Crippen LogP contribution is 2.17. The van der Waals surface area contributed by atoms with Crippen LogP contribution in [0.15, 0.2) is 24.3 Å². The van der Waals surface area contributed by atoms with Gasteiger partial charge in [-0.25, -0.2) is 0 Å². The highest BCUT2D eigenvalue weighted by Gasteiger charge is 2.24. The van der Waals surface area contributed by atoms with E-state index in [1.54, 1.807) is 12.1 Å². The van der Waals surface area contributed by atoms with Gasteiger partial charge in [-0.1, -0.05) is 12.1 Å². The largest absolute Gasteiger partial charge is 0.345 e. The van der Waals surface area contributed by atoms with E-state index in [9.17, 15) is 14.4 Å². The predicted octanol–water partition coefficient (Wildman–Crippen LogP) is 0.281. The smallest absolute Gasteiger partial charge is 0.246 e. The molecule has 0 aromatic heterocycles. The molecule has 94 valence electrons. The van der Waals surface area contributed by atoms with Crippen LogP contribution in [0.4, 0.5) is 5.69 Å². The van der Waals surface area contributed by atoms with Crippen molar-refractivity contribution in [3.05, 3.63) is 29.8 Å². The number of nitrogens with one attached hydrogen (secondary N) is 1. The van der Waals surface area contributed by atoms with Gasteiger partial charge in [0.05, 0.1) is 6.54 Å². The number of amides is 2. The summed E-state index contributed by atoms with van der Waals surface area (Å²) in [6.45, 7) is 0.109. The van der Waals surface area contributed by atoms with E-state index in [0.29, 0.717) is 18.5 Å². The molecule has 1 aliphatic heterocycles. The molecule has 1 aromatic carbocycles. The molecular weight excluding hydrogens is 232 g/mol. The second-order valence-corrected chi connectivity index (χ2v) is 4.13. The van der Waals surface area contributed by atoms with Crippen molar-refractivity contribution in [3.63, 3.8) is 0 Å². The van der Waals surface area contributed by atoms with Crippen LogP contribution < -0.4 is 10.2 Å². The zero-order valence-corrected chi connectivity index (χ0v) is 9.89. The Morgan fingerprint density at radius 1 is 1.22 bits per heavy atom. The summed E-state index contributed by atoms with van der Waals surface area (Å²) < 4.78 is 0. The number of piperazine rings is 1. The highest BCUT2D eigenvalue weighted by atomic mass is 16.2. The van der Waals surface area contributed by atoms with Crippen LogP contribution >= 0.6 is 0 Å². The fraction of sp³-hybridized carbons (Fsp3) is 0.308. The number of anilines is 1. The van der Waals surface area contributed by atoms with Gasteiger partial charge >= 0.3 is 0 Å². The summed E-state index contributed by atoms with van der Waals surface area (Å²) in [7, 11) is 0. The number of aryl methyl sites for hydroxylation is 1. The zero-order valence-electron chi connectivity index (χ0n) is 9.89. The molecule has 0 radical (unpaired) electrons. The lowest BCUT2D eigenvalue weighted by atomic mass is 10.1. The van der Waals surface area contributed by atoms with Gasteiger partial charge in [0.25, 0.3) is 0 Å². The van der Waals surface area contributed by atoms with E-state index in [1.807, 2.05) is 12.1 Å². The Balaban J connectivity index is 2.10. The van der Waals surface area contributed by atoms with Crippen LogP contribution in [0.25, 0.3) is 0 Å². The van der Waals surface area contributed by atoms with Crippen LogP contribution in [0.2, 0.25) is 0 Å². The maximum atomic E-state index is 11.7. The average Bonchev–Trinajstić information content (AvgIpc) is 2.40. The van der Waals surface area contributed by atoms with Gasteiger partial charge in [-0.05, 0) is 24.1 Å². The van der Waals surface area contributed by atoms with Crippen molar-refractivity contribution in [3.8, 4) is 0 Å². The third-order valence-electron chi connectivity index (χ3n) is 2.84. The number of carbonyl (C=O) groups is 3. The lowest BCUT2D eigenvalue weighted by molar-refractivity contribution is -0.128. The third-order valence-corrected chi connectivity index (χ3v) is 2.84. The summed E-state index contributed by atoms with van der Waals surface area (Å²) in [5.41, 5.74) is 1.75.